The van der Waals surface area contributed by atoms with Crippen molar-refractivity contribution in [3.8, 4) is 0 Å². The van der Waals surface area contributed by atoms with E-state index in [4.69, 9.17) is 9.47 Å². The Labute approximate surface area is 142 Å². The normalized spacial score (nSPS) is 21.8. The van der Waals surface area contributed by atoms with Gasteiger partial charge in [0.2, 0.25) is 10.0 Å². The van der Waals surface area contributed by atoms with Crippen LogP contribution in [0.25, 0.3) is 0 Å². The number of rotatable bonds is 5. The van der Waals surface area contributed by atoms with Gasteiger partial charge in [-0.1, -0.05) is 6.07 Å². The summed E-state index contributed by atoms with van der Waals surface area (Å²) in [5, 5.41) is 0. The molecule has 1 aromatic rings. The maximum atomic E-state index is 12.4. The minimum Gasteiger partial charge on any atom is -0.376 e. The Kier molecular flexibility index (Phi) is 5.50. The maximum Gasteiger partial charge on any atom is 0.253 e. The van der Waals surface area contributed by atoms with Gasteiger partial charge in [0.05, 0.1) is 30.8 Å². The van der Waals surface area contributed by atoms with Crippen molar-refractivity contribution in [2.45, 2.75) is 23.8 Å². The highest BCUT2D eigenvalue weighted by Gasteiger charge is 2.23. The van der Waals surface area contributed by atoms with Crippen LogP contribution in [0.2, 0.25) is 0 Å². The summed E-state index contributed by atoms with van der Waals surface area (Å²) in [6.07, 6.45) is 1.70. The van der Waals surface area contributed by atoms with Gasteiger partial charge in [0.15, 0.2) is 0 Å². The van der Waals surface area contributed by atoms with E-state index in [0.717, 1.165) is 25.9 Å². The fraction of sp³-hybridized carbons (Fsp3) is 0.562. The molecule has 1 N–H and O–H groups in total. The number of nitrogens with one attached hydrogen (secondary N) is 1. The molecule has 132 valence electrons. The van der Waals surface area contributed by atoms with Crippen LogP contribution in [0.15, 0.2) is 29.2 Å². The molecule has 0 spiro atoms. The lowest BCUT2D eigenvalue weighted by Crippen LogP contribution is -2.39. The van der Waals surface area contributed by atoms with E-state index in [-0.39, 0.29) is 23.5 Å². The van der Waals surface area contributed by atoms with Crippen LogP contribution >= 0.6 is 0 Å². The van der Waals surface area contributed by atoms with Crippen LogP contribution in [0.4, 0.5) is 0 Å². The van der Waals surface area contributed by atoms with Crippen molar-refractivity contribution in [1.82, 2.24) is 9.62 Å². The zero-order valence-corrected chi connectivity index (χ0v) is 14.3. The average molecular weight is 354 g/mol. The van der Waals surface area contributed by atoms with Crippen LogP contribution in [0.1, 0.15) is 23.2 Å². The summed E-state index contributed by atoms with van der Waals surface area (Å²) in [7, 11) is -3.70. The molecule has 0 saturated carbocycles. The molecule has 1 aromatic carbocycles. The van der Waals surface area contributed by atoms with Gasteiger partial charge in [-0.25, -0.2) is 13.1 Å². The third kappa shape index (κ3) is 4.13. The second-order valence-electron chi connectivity index (χ2n) is 5.95. The van der Waals surface area contributed by atoms with Crippen molar-refractivity contribution < 1.29 is 22.7 Å². The first-order valence-corrected chi connectivity index (χ1v) is 9.63. The van der Waals surface area contributed by atoms with Crippen molar-refractivity contribution in [3.05, 3.63) is 29.8 Å². The van der Waals surface area contributed by atoms with Crippen LogP contribution < -0.4 is 4.72 Å². The fourth-order valence-electron chi connectivity index (χ4n) is 2.84. The van der Waals surface area contributed by atoms with Crippen molar-refractivity contribution in [3.63, 3.8) is 0 Å². The summed E-state index contributed by atoms with van der Waals surface area (Å²) in [6, 6.07) is 6.17. The second kappa shape index (κ2) is 7.60. The molecule has 8 heteroatoms. The van der Waals surface area contributed by atoms with Crippen LogP contribution in [-0.2, 0) is 19.5 Å². The number of likely N-dealkylation sites (tertiary alicyclic amines) is 1. The highest BCUT2D eigenvalue weighted by atomic mass is 32.2. The Balaban J connectivity index is 1.68. The van der Waals surface area contributed by atoms with E-state index in [0.29, 0.717) is 25.4 Å². The number of ether oxygens (including phenoxy) is 2. The average Bonchev–Trinajstić information content (AvgIpc) is 3.15. The van der Waals surface area contributed by atoms with Gasteiger partial charge in [-0.2, -0.15) is 0 Å². The number of hydrogen-bond donors (Lipinski definition) is 1. The van der Waals surface area contributed by atoms with Crippen molar-refractivity contribution in [2.75, 3.05) is 39.5 Å². The number of amides is 1. The summed E-state index contributed by atoms with van der Waals surface area (Å²) >= 11 is 0. The molecule has 3 rings (SSSR count). The lowest BCUT2D eigenvalue weighted by Gasteiger charge is -2.23. The Morgan fingerprint density at radius 1 is 1.25 bits per heavy atom. The number of hydrogen-bond acceptors (Lipinski definition) is 5. The molecule has 2 saturated heterocycles. The number of carbonyl (C=O) groups is 1. The molecular weight excluding hydrogens is 332 g/mol. The summed E-state index contributed by atoms with van der Waals surface area (Å²) in [5.74, 6) is -0.117. The number of sulfonamides is 1. The minimum absolute atomic E-state index is 0.0873. The van der Waals surface area contributed by atoms with Gasteiger partial charge >= 0.3 is 0 Å². The number of nitrogens with zero attached hydrogens (tertiary/aromatic N) is 1. The molecule has 0 aromatic heterocycles. The van der Waals surface area contributed by atoms with E-state index in [2.05, 4.69) is 4.72 Å². The van der Waals surface area contributed by atoms with Gasteiger partial charge in [-0.15, -0.1) is 0 Å². The number of carbonyl (C=O) groups excluding carboxylic acids is 1. The first kappa shape index (κ1) is 17.3. The highest BCUT2D eigenvalue weighted by molar-refractivity contribution is 7.89. The predicted octanol–water partition coefficient (Wildman–Crippen LogP) is 0.616. The van der Waals surface area contributed by atoms with E-state index in [1.54, 1.807) is 17.0 Å². The van der Waals surface area contributed by atoms with Crippen LogP contribution in [0, 0.1) is 0 Å². The molecule has 1 atom stereocenters. The first-order valence-electron chi connectivity index (χ1n) is 8.14. The summed E-state index contributed by atoms with van der Waals surface area (Å²) in [5.41, 5.74) is 0.400. The predicted molar refractivity (Wildman–Crippen MR) is 87.3 cm³/mol. The monoisotopic (exact) mass is 354 g/mol. The molecule has 24 heavy (non-hydrogen) atoms. The third-order valence-electron chi connectivity index (χ3n) is 4.17. The first-order chi connectivity index (χ1) is 11.6. The topological polar surface area (TPSA) is 84.9 Å². The standard InChI is InChI=1S/C16H22N2O5S/c19-16(18-6-1-2-7-18)13-4-3-5-15(10-13)24(20,21)17-11-14-12-22-8-9-23-14/h3-5,10,14,17H,1-2,6-9,11-12H2. The molecule has 7 nitrogen and oxygen atoms in total. The maximum absolute atomic E-state index is 12.4. The lowest BCUT2D eigenvalue weighted by molar-refractivity contribution is -0.0846. The molecule has 2 heterocycles. The highest BCUT2D eigenvalue weighted by Crippen LogP contribution is 2.16. The summed E-state index contributed by atoms with van der Waals surface area (Å²) in [4.78, 5) is 14.2. The number of benzene rings is 1. The van der Waals surface area contributed by atoms with Crippen molar-refractivity contribution in [2.24, 2.45) is 0 Å². The quantitative estimate of drug-likeness (QED) is 0.838. The third-order valence-corrected chi connectivity index (χ3v) is 5.59. The molecule has 0 bridgehead atoms. The van der Waals surface area contributed by atoms with Crippen LogP contribution in [0.3, 0.4) is 0 Å². The SMILES string of the molecule is O=C(c1cccc(S(=O)(=O)NCC2COCCO2)c1)N1CCCC1. The van der Waals surface area contributed by atoms with Gasteiger partial charge < -0.3 is 14.4 Å². The molecule has 2 aliphatic rings. The van der Waals surface area contributed by atoms with E-state index in [9.17, 15) is 13.2 Å². The van der Waals surface area contributed by atoms with Crippen LogP contribution in [0.5, 0.6) is 0 Å². The largest absolute Gasteiger partial charge is 0.376 e. The zero-order chi connectivity index (χ0) is 17.0. The van der Waals surface area contributed by atoms with Crippen LogP contribution in [-0.4, -0.2) is 64.8 Å². The van der Waals surface area contributed by atoms with Crippen molar-refractivity contribution in [1.29, 1.82) is 0 Å². The molecule has 0 aliphatic carbocycles. The Bertz CT molecular complexity index is 679. The van der Waals surface area contributed by atoms with E-state index in [1.165, 1.54) is 12.1 Å². The van der Waals surface area contributed by atoms with Crippen molar-refractivity contribution >= 4 is 15.9 Å². The van der Waals surface area contributed by atoms with Gasteiger partial charge in [-0.05, 0) is 31.0 Å². The Hall–Kier alpha value is -1.48. The molecule has 0 radical (unpaired) electrons. The van der Waals surface area contributed by atoms with Gasteiger partial charge in [0.25, 0.3) is 5.91 Å². The molecule has 2 fully saturated rings. The van der Waals surface area contributed by atoms with E-state index >= 15 is 0 Å². The van der Waals surface area contributed by atoms with Gasteiger partial charge in [0.1, 0.15) is 0 Å². The molecule has 1 amide bonds. The van der Waals surface area contributed by atoms with Gasteiger partial charge in [0, 0.05) is 25.2 Å². The fourth-order valence-corrected chi connectivity index (χ4v) is 3.95. The Morgan fingerprint density at radius 3 is 2.75 bits per heavy atom. The second-order valence-corrected chi connectivity index (χ2v) is 7.71. The van der Waals surface area contributed by atoms with E-state index < -0.39 is 10.0 Å². The smallest absolute Gasteiger partial charge is 0.253 e. The summed E-state index contributed by atoms with van der Waals surface area (Å²) in [6.45, 7) is 2.97. The minimum atomic E-state index is -3.70. The molecular formula is C16H22N2O5S. The van der Waals surface area contributed by atoms with Gasteiger partial charge in [-0.3, -0.25) is 4.79 Å². The zero-order valence-electron chi connectivity index (χ0n) is 13.4. The molecule has 1 unspecified atom stereocenters. The molecule has 2 aliphatic heterocycles. The van der Waals surface area contributed by atoms with E-state index in [1.807, 2.05) is 0 Å². The Morgan fingerprint density at radius 2 is 2.04 bits per heavy atom. The lowest BCUT2D eigenvalue weighted by atomic mass is 10.2. The summed E-state index contributed by atoms with van der Waals surface area (Å²) < 4.78 is 38.1.